The van der Waals surface area contributed by atoms with E-state index in [9.17, 15) is 9.59 Å². The summed E-state index contributed by atoms with van der Waals surface area (Å²) >= 11 is 11.9. The summed E-state index contributed by atoms with van der Waals surface area (Å²) in [4.78, 5) is 29.6. The van der Waals surface area contributed by atoms with Gasteiger partial charge in [-0.25, -0.2) is 4.98 Å². The molecule has 1 aromatic heterocycles. The second-order valence-electron chi connectivity index (χ2n) is 5.52. The minimum atomic E-state index is -0.681. The van der Waals surface area contributed by atoms with Crippen molar-refractivity contribution in [3.8, 4) is 0 Å². The fourth-order valence-corrected chi connectivity index (χ4v) is 2.91. The van der Waals surface area contributed by atoms with Gasteiger partial charge in [-0.2, -0.15) is 0 Å². The van der Waals surface area contributed by atoms with Crippen molar-refractivity contribution in [2.75, 3.05) is 5.32 Å². The zero-order valence-corrected chi connectivity index (χ0v) is 14.9. The van der Waals surface area contributed by atoms with Crippen LogP contribution in [0.5, 0.6) is 0 Å². The molecular formula is C18H15Cl2N3O2. The third-order valence-electron chi connectivity index (χ3n) is 3.90. The number of hydrogen-bond donors (Lipinski definition) is 1. The van der Waals surface area contributed by atoms with Gasteiger partial charge in [-0.05, 0) is 36.8 Å². The Hall–Kier alpha value is -2.37. The van der Waals surface area contributed by atoms with Crippen LogP contribution in [0, 0.1) is 0 Å². The summed E-state index contributed by atoms with van der Waals surface area (Å²) in [5, 5.41) is 3.99. The highest BCUT2D eigenvalue weighted by Gasteiger charge is 2.21. The molecule has 1 amide bonds. The van der Waals surface area contributed by atoms with Crippen LogP contribution in [0.3, 0.4) is 0 Å². The van der Waals surface area contributed by atoms with Crippen LogP contribution in [0.25, 0.3) is 10.9 Å². The molecule has 3 rings (SSSR count). The van der Waals surface area contributed by atoms with Crippen LogP contribution in [0.1, 0.15) is 19.4 Å². The number of fused-ring (bicyclic) bond motifs is 1. The molecule has 1 heterocycles. The Kier molecular flexibility index (Phi) is 5.06. The summed E-state index contributed by atoms with van der Waals surface area (Å²) in [7, 11) is 0. The molecular weight excluding hydrogens is 361 g/mol. The SMILES string of the molecule is CC[C@H](C(=O)Nc1ccc(Cl)c(Cl)c1)n1cnc2ccccc2c1=O. The zero-order chi connectivity index (χ0) is 18.0. The molecule has 5 nitrogen and oxygen atoms in total. The van der Waals surface area contributed by atoms with E-state index in [1.165, 1.54) is 10.9 Å². The molecule has 0 unspecified atom stereocenters. The average Bonchev–Trinajstić information content (AvgIpc) is 2.61. The zero-order valence-electron chi connectivity index (χ0n) is 13.4. The van der Waals surface area contributed by atoms with Crippen LogP contribution in [-0.2, 0) is 4.79 Å². The number of aromatic nitrogens is 2. The predicted octanol–water partition coefficient (Wildman–Crippen LogP) is 4.29. The number of anilines is 1. The minimum Gasteiger partial charge on any atom is -0.324 e. The maximum Gasteiger partial charge on any atom is 0.261 e. The first-order chi connectivity index (χ1) is 12.0. The lowest BCUT2D eigenvalue weighted by Crippen LogP contribution is -2.33. The number of carbonyl (C=O) groups is 1. The van der Waals surface area contributed by atoms with Crippen molar-refractivity contribution in [2.45, 2.75) is 19.4 Å². The fraction of sp³-hybridized carbons (Fsp3) is 0.167. The van der Waals surface area contributed by atoms with Crippen LogP contribution < -0.4 is 10.9 Å². The van der Waals surface area contributed by atoms with E-state index in [1.54, 1.807) is 36.4 Å². The number of nitrogens with zero attached hydrogens (tertiary/aromatic N) is 2. The van der Waals surface area contributed by atoms with Gasteiger partial charge in [0.2, 0.25) is 5.91 Å². The van der Waals surface area contributed by atoms with Gasteiger partial charge in [-0.3, -0.25) is 14.2 Å². The number of carbonyl (C=O) groups excluding carboxylic acids is 1. The number of amides is 1. The number of para-hydroxylation sites is 1. The van der Waals surface area contributed by atoms with E-state index in [0.29, 0.717) is 33.1 Å². The molecule has 0 fully saturated rings. The molecule has 0 spiro atoms. The lowest BCUT2D eigenvalue weighted by atomic mass is 10.1. The van der Waals surface area contributed by atoms with Crippen LogP contribution in [0.15, 0.2) is 53.6 Å². The standard InChI is InChI=1S/C18H15Cl2N3O2/c1-2-16(17(24)22-11-7-8-13(19)14(20)9-11)23-10-21-15-6-4-3-5-12(15)18(23)25/h3-10,16H,2H2,1H3,(H,22,24)/t16-/m1/s1. The summed E-state index contributed by atoms with van der Waals surface area (Å²) in [5.74, 6) is -0.319. The van der Waals surface area contributed by atoms with Crippen molar-refractivity contribution in [3.63, 3.8) is 0 Å². The number of rotatable bonds is 4. The summed E-state index contributed by atoms with van der Waals surface area (Å²) < 4.78 is 1.36. The van der Waals surface area contributed by atoms with Gasteiger partial charge in [0.25, 0.3) is 5.56 Å². The van der Waals surface area contributed by atoms with Crippen LogP contribution >= 0.6 is 23.2 Å². The largest absolute Gasteiger partial charge is 0.324 e. The van der Waals surface area contributed by atoms with Crippen LogP contribution in [0.2, 0.25) is 10.0 Å². The number of benzene rings is 2. The van der Waals surface area contributed by atoms with Crippen molar-refractivity contribution in [2.24, 2.45) is 0 Å². The number of nitrogens with one attached hydrogen (secondary N) is 1. The van der Waals surface area contributed by atoms with Crippen molar-refractivity contribution in [1.82, 2.24) is 9.55 Å². The van der Waals surface area contributed by atoms with Crippen molar-refractivity contribution >= 4 is 45.7 Å². The third-order valence-corrected chi connectivity index (χ3v) is 4.64. The molecule has 25 heavy (non-hydrogen) atoms. The molecule has 3 aromatic rings. The molecule has 128 valence electrons. The van der Waals surface area contributed by atoms with E-state index in [0.717, 1.165) is 0 Å². The molecule has 0 aliphatic rings. The van der Waals surface area contributed by atoms with E-state index in [-0.39, 0.29) is 11.5 Å². The number of halogens is 2. The van der Waals surface area contributed by atoms with Crippen molar-refractivity contribution in [3.05, 3.63) is 69.2 Å². The van der Waals surface area contributed by atoms with Gasteiger partial charge in [0.05, 0.1) is 27.3 Å². The highest BCUT2D eigenvalue weighted by Crippen LogP contribution is 2.25. The van der Waals surface area contributed by atoms with Crippen molar-refractivity contribution in [1.29, 1.82) is 0 Å². The Morgan fingerprint density at radius 1 is 1.20 bits per heavy atom. The first kappa shape index (κ1) is 17.5. The Morgan fingerprint density at radius 2 is 1.96 bits per heavy atom. The Morgan fingerprint density at radius 3 is 2.68 bits per heavy atom. The highest BCUT2D eigenvalue weighted by molar-refractivity contribution is 6.42. The topological polar surface area (TPSA) is 64.0 Å². The van der Waals surface area contributed by atoms with Gasteiger partial charge in [-0.15, -0.1) is 0 Å². The Labute approximate surface area is 154 Å². The summed E-state index contributed by atoms with van der Waals surface area (Å²) in [6.45, 7) is 1.83. The molecule has 1 atom stereocenters. The van der Waals surface area contributed by atoms with Gasteiger partial charge in [0.1, 0.15) is 6.04 Å². The molecule has 0 aliphatic heterocycles. The summed E-state index contributed by atoms with van der Waals surface area (Å²) in [5.41, 5.74) is 0.866. The van der Waals surface area contributed by atoms with E-state index in [2.05, 4.69) is 10.3 Å². The second-order valence-corrected chi connectivity index (χ2v) is 6.33. The van der Waals surface area contributed by atoms with Gasteiger partial charge >= 0.3 is 0 Å². The Balaban J connectivity index is 1.94. The Bertz CT molecular complexity index is 1000. The predicted molar refractivity (Wildman–Crippen MR) is 100 cm³/mol. The van der Waals surface area contributed by atoms with Crippen LogP contribution in [-0.4, -0.2) is 15.5 Å². The molecule has 7 heteroatoms. The van der Waals surface area contributed by atoms with Crippen LogP contribution in [0.4, 0.5) is 5.69 Å². The molecule has 0 aliphatic carbocycles. The second kappa shape index (κ2) is 7.25. The van der Waals surface area contributed by atoms with Gasteiger partial charge < -0.3 is 5.32 Å². The quantitative estimate of drug-likeness (QED) is 0.739. The minimum absolute atomic E-state index is 0.248. The molecule has 0 radical (unpaired) electrons. The maximum absolute atomic E-state index is 12.7. The van der Waals surface area contributed by atoms with E-state index in [1.807, 2.05) is 13.0 Å². The molecule has 0 bridgehead atoms. The smallest absolute Gasteiger partial charge is 0.261 e. The van der Waals surface area contributed by atoms with E-state index < -0.39 is 6.04 Å². The molecule has 0 saturated carbocycles. The maximum atomic E-state index is 12.7. The van der Waals surface area contributed by atoms with Gasteiger partial charge in [-0.1, -0.05) is 42.3 Å². The highest BCUT2D eigenvalue weighted by atomic mass is 35.5. The van der Waals surface area contributed by atoms with E-state index in [4.69, 9.17) is 23.2 Å². The lowest BCUT2D eigenvalue weighted by molar-refractivity contribution is -0.119. The van der Waals surface area contributed by atoms with Gasteiger partial charge in [0.15, 0.2) is 0 Å². The fourth-order valence-electron chi connectivity index (χ4n) is 2.61. The summed E-state index contributed by atoms with van der Waals surface area (Å²) in [6, 6.07) is 11.2. The first-order valence-electron chi connectivity index (χ1n) is 7.73. The normalized spacial score (nSPS) is 12.1. The average molecular weight is 376 g/mol. The van der Waals surface area contributed by atoms with Crippen molar-refractivity contribution < 1.29 is 4.79 Å². The monoisotopic (exact) mass is 375 g/mol. The van der Waals surface area contributed by atoms with E-state index >= 15 is 0 Å². The first-order valence-corrected chi connectivity index (χ1v) is 8.48. The molecule has 1 N–H and O–H groups in total. The molecule has 2 aromatic carbocycles. The number of hydrogen-bond acceptors (Lipinski definition) is 3. The third kappa shape index (κ3) is 3.52. The lowest BCUT2D eigenvalue weighted by Gasteiger charge is -2.18. The van der Waals surface area contributed by atoms with Gasteiger partial charge in [0, 0.05) is 5.69 Å². The summed E-state index contributed by atoms with van der Waals surface area (Å²) in [6.07, 6.45) is 1.85. The molecule has 0 saturated heterocycles.